The molecule has 4 rings (SSSR count). The van der Waals surface area contributed by atoms with Gasteiger partial charge < -0.3 is 9.11 Å². The molecule has 12 heteroatoms. The smallest absolute Gasteiger partial charge is 0.726 e. The molecule has 8 atom stereocenters. The maximum Gasteiger partial charge on any atom is 1.00 e. The van der Waals surface area contributed by atoms with Gasteiger partial charge in [-0.2, -0.15) is 0 Å². The fourth-order valence-electron chi connectivity index (χ4n) is 8.81. The zero-order valence-corrected chi connectivity index (χ0v) is 31.2. The molecule has 0 N–H and O–H groups in total. The quantitative estimate of drug-likeness (QED) is 0.148. The SMILES string of the molecule is CC(C)CCCC(C)C1CCC2(C)C3CC=C4CC(OS(=O)(=O)[O-])C(OS(=O)(=O)[O-])C[C@]4(C)C3=CC[C@]12C.[Na+].[Na+]. The first kappa shape index (κ1) is 37.4. The number of allylic oxidation sites excluding steroid dienone is 3. The van der Waals surface area contributed by atoms with Gasteiger partial charge in [0.2, 0.25) is 20.8 Å². The second kappa shape index (κ2) is 13.3. The summed E-state index contributed by atoms with van der Waals surface area (Å²) in [6, 6.07) is 0. The summed E-state index contributed by atoms with van der Waals surface area (Å²) in [5, 5.41) is 0. The van der Waals surface area contributed by atoms with E-state index >= 15 is 0 Å². The van der Waals surface area contributed by atoms with Crippen LogP contribution in [0.3, 0.4) is 0 Å². The Bertz CT molecular complexity index is 1200. The molecule has 2 fully saturated rings. The van der Waals surface area contributed by atoms with Gasteiger partial charge in [0.25, 0.3) is 0 Å². The second-order valence-corrected chi connectivity index (χ2v) is 15.5. The average molecular weight is 619 g/mol. The van der Waals surface area contributed by atoms with E-state index < -0.39 is 38.4 Å². The molecule has 6 unspecified atom stereocenters. The summed E-state index contributed by atoms with van der Waals surface area (Å²) in [4.78, 5) is 0. The van der Waals surface area contributed by atoms with Crippen molar-refractivity contribution in [1.82, 2.24) is 0 Å². The first-order valence-electron chi connectivity index (χ1n) is 14.1. The van der Waals surface area contributed by atoms with Gasteiger partial charge in [-0.05, 0) is 73.0 Å². The molecule has 0 saturated heterocycles. The fourth-order valence-corrected chi connectivity index (χ4v) is 9.80. The van der Waals surface area contributed by atoms with Gasteiger partial charge in [-0.3, -0.25) is 8.37 Å². The first-order chi connectivity index (χ1) is 17.4. The summed E-state index contributed by atoms with van der Waals surface area (Å²) in [5.74, 6) is 2.24. The molecule has 0 heterocycles. The van der Waals surface area contributed by atoms with E-state index in [0.717, 1.165) is 30.8 Å². The maximum absolute atomic E-state index is 11.5. The van der Waals surface area contributed by atoms with Gasteiger partial charge in [0.15, 0.2) is 0 Å². The van der Waals surface area contributed by atoms with Crippen LogP contribution in [0.25, 0.3) is 0 Å². The molecule has 4 aliphatic rings. The summed E-state index contributed by atoms with van der Waals surface area (Å²) in [6.07, 6.45) is 9.63. The molecule has 0 radical (unpaired) electrons. The summed E-state index contributed by atoms with van der Waals surface area (Å²) < 4.78 is 78.2. The predicted molar refractivity (Wildman–Crippen MR) is 142 cm³/mol. The van der Waals surface area contributed by atoms with Crippen molar-refractivity contribution in [3.63, 3.8) is 0 Å². The standard InChI is InChI=1S/C28H46O8S2.2Na/c1-18(2)8-7-9-19(3)21-12-14-28(6)23-11-10-20-16-24(35-37(29,30)31)25(36-38(32,33)34)17-26(20,4)22(23)13-15-27(21,28)5;;/h10,13,18-19,21,23-25H,7-9,11-12,14-17H2,1-6H3,(H,29,30,31)(H,32,33,34);;/q;2*+1/p-2/t19?,21?,23?,24?,25?,26-,27+,28?;;/m0../s1. The van der Waals surface area contributed by atoms with Crippen LogP contribution in [-0.2, 0) is 29.2 Å². The number of rotatable bonds is 9. The summed E-state index contributed by atoms with van der Waals surface area (Å²) in [6.45, 7) is 13.9. The van der Waals surface area contributed by atoms with E-state index in [1.807, 2.05) is 6.92 Å². The van der Waals surface area contributed by atoms with E-state index in [2.05, 4.69) is 51.0 Å². The minimum absolute atomic E-state index is 0. The molecular weight excluding hydrogens is 574 g/mol. The van der Waals surface area contributed by atoms with Crippen LogP contribution < -0.4 is 59.1 Å². The van der Waals surface area contributed by atoms with Crippen LogP contribution in [0.2, 0.25) is 0 Å². The summed E-state index contributed by atoms with van der Waals surface area (Å²) in [7, 11) is -10.3. The third-order valence-corrected chi connectivity index (χ3v) is 12.0. The summed E-state index contributed by atoms with van der Waals surface area (Å²) in [5.41, 5.74) is 1.75. The van der Waals surface area contributed by atoms with Gasteiger partial charge in [0.1, 0.15) is 12.2 Å². The van der Waals surface area contributed by atoms with Gasteiger partial charge in [0, 0.05) is 5.41 Å². The van der Waals surface area contributed by atoms with E-state index in [1.165, 1.54) is 31.3 Å². The number of hydrogen-bond acceptors (Lipinski definition) is 8. The largest absolute Gasteiger partial charge is 1.00 e. The van der Waals surface area contributed by atoms with Crippen LogP contribution in [0.15, 0.2) is 23.3 Å². The van der Waals surface area contributed by atoms with E-state index in [0.29, 0.717) is 11.8 Å². The Hall–Kier alpha value is 1.22. The van der Waals surface area contributed by atoms with E-state index in [1.54, 1.807) is 0 Å². The second-order valence-electron chi connectivity index (χ2n) is 13.5. The molecule has 0 spiro atoms. The van der Waals surface area contributed by atoms with Crippen molar-refractivity contribution >= 4 is 20.8 Å². The fraction of sp³-hybridized carbons (Fsp3) is 0.857. The van der Waals surface area contributed by atoms with Crippen molar-refractivity contribution in [2.24, 2.45) is 39.9 Å². The Balaban J connectivity index is 0.00000280. The van der Waals surface area contributed by atoms with Crippen LogP contribution in [-0.4, -0.2) is 38.1 Å². The van der Waals surface area contributed by atoms with Gasteiger partial charge >= 0.3 is 59.1 Å². The normalized spacial score (nSPS) is 38.1. The third-order valence-electron chi connectivity index (χ3n) is 11.0. The minimum atomic E-state index is -5.14. The number of fused-ring (bicyclic) bond motifs is 5. The summed E-state index contributed by atoms with van der Waals surface area (Å²) >= 11 is 0. The van der Waals surface area contributed by atoms with Crippen molar-refractivity contribution in [1.29, 1.82) is 0 Å². The van der Waals surface area contributed by atoms with Crippen LogP contribution >= 0.6 is 0 Å². The molecule has 40 heavy (non-hydrogen) atoms. The zero-order chi connectivity index (χ0) is 28.3. The average Bonchev–Trinajstić information content (AvgIpc) is 3.03. The van der Waals surface area contributed by atoms with Gasteiger partial charge in [-0.1, -0.05) is 84.1 Å². The van der Waals surface area contributed by atoms with Crippen molar-refractivity contribution in [3.05, 3.63) is 23.3 Å². The zero-order valence-electron chi connectivity index (χ0n) is 25.6. The number of hydrogen-bond donors (Lipinski definition) is 0. The molecule has 0 aliphatic heterocycles. The minimum Gasteiger partial charge on any atom is -0.726 e. The van der Waals surface area contributed by atoms with Gasteiger partial charge in [-0.25, -0.2) is 16.8 Å². The Morgan fingerprint density at radius 1 is 0.925 bits per heavy atom. The third kappa shape index (κ3) is 7.36. The van der Waals surface area contributed by atoms with E-state index in [4.69, 9.17) is 4.18 Å². The molecule has 8 nitrogen and oxygen atoms in total. The molecular formula is C28H44Na2O8S2. The predicted octanol–water partition coefficient (Wildman–Crippen LogP) is -0.353. The Morgan fingerprint density at radius 3 is 2.10 bits per heavy atom. The van der Waals surface area contributed by atoms with Crippen LogP contribution in [0.5, 0.6) is 0 Å². The van der Waals surface area contributed by atoms with Crippen LogP contribution in [0.1, 0.15) is 99.3 Å². The Labute approximate surface area is 286 Å². The van der Waals surface area contributed by atoms with Crippen molar-refractivity contribution in [3.8, 4) is 0 Å². The molecule has 4 aliphatic carbocycles. The molecule has 0 aromatic carbocycles. The topological polar surface area (TPSA) is 133 Å². The van der Waals surface area contributed by atoms with Crippen molar-refractivity contribution in [2.75, 3.05) is 0 Å². The van der Waals surface area contributed by atoms with Crippen LogP contribution in [0.4, 0.5) is 0 Å². The monoisotopic (exact) mass is 618 g/mol. The molecule has 218 valence electrons. The maximum atomic E-state index is 11.5. The van der Waals surface area contributed by atoms with Crippen LogP contribution in [0, 0.1) is 39.9 Å². The van der Waals surface area contributed by atoms with Gasteiger partial charge in [0.05, 0.1) is 0 Å². The Kier molecular flexibility index (Phi) is 12.4. The van der Waals surface area contributed by atoms with Gasteiger partial charge in [-0.15, -0.1) is 0 Å². The van der Waals surface area contributed by atoms with E-state index in [-0.39, 0.29) is 88.7 Å². The molecule has 0 amide bonds. The van der Waals surface area contributed by atoms with Crippen molar-refractivity contribution < 1.29 is 93.4 Å². The molecule has 0 aromatic rings. The first-order valence-corrected chi connectivity index (χ1v) is 16.7. The molecule has 2 saturated carbocycles. The molecule has 0 bridgehead atoms. The molecule has 0 aromatic heterocycles. The Morgan fingerprint density at radius 2 is 1.52 bits per heavy atom. The van der Waals surface area contributed by atoms with E-state index in [9.17, 15) is 25.9 Å². The van der Waals surface area contributed by atoms with Crippen molar-refractivity contribution in [2.45, 2.75) is 112 Å².